The van der Waals surface area contributed by atoms with Gasteiger partial charge in [-0.2, -0.15) is 18.3 Å². The lowest BCUT2D eigenvalue weighted by atomic mass is 10.1. The third-order valence-corrected chi connectivity index (χ3v) is 7.06. The SMILES string of the molecule is C=C(c1cccc(NC(O)c2cc(-n3cnc(C4C5CC54)c3)ccn2)c1)N(/C=N\N)C(C)COCC(F)(F)F. The smallest absolute Gasteiger partial charge is 0.370 e. The third-order valence-electron chi connectivity index (χ3n) is 7.06. The van der Waals surface area contributed by atoms with E-state index in [4.69, 9.17) is 10.6 Å². The Labute approximate surface area is 223 Å². The Balaban J connectivity index is 1.24. The molecule has 1 aromatic carbocycles. The highest BCUT2D eigenvalue weighted by Crippen LogP contribution is 2.73. The number of nitrogens with two attached hydrogens (primary N) is 1. The summed E-state index contributed by atoms with van der Waals surface area (Å²) in [4.78, 5) is 10.4. The Hall–Kier alpha value is -3.90. The molecule has 0 spiro atoms. The van der Waals surface area contributed by atoms with E-state index in [2.05, 4.69) is 27.0 Å². The highest BCUT2D eigenvalue weighted by atomic mass is 19.4. The summed E-state index contributed by atoms with van der Waals surface area (Å²) in [5.74, 6) is 7.57. The molecule has 206 valence electrons. The van der Waals surface area contributed by atoms with Gasteiger partial charge in [-0.05, 0) is 55.0 Å². The zero-order valence-corrected chi connectivity index (χ0v) is 21.3. The Kier molecular flexibility index (Phi) is 7.32. The van der Waals surface area contributed by atoms with Crippen LogP contribution in [0.25, 0.3) is 11.4 Å². The van der Waals surface area contributed by atoms with E-state index < -0.39 is 25.1 Å². The quantitative estimate of drug-likeness (QED) is 0.103. The number of hydrazone groups is 1. The lowest BCUT2D eigenvalue weighted by Crippen LogP contribution is -2.35. The van der Waals surface area contributed by atoms with Gasteiger partial charge in [-0.15, -0.1) is 0 Å². The number of hydrogen-bond donors (Lipinski definition) is 3. The maximum atomic E-state index is 12.5. The molecular weight excluding hydrogens is 511 g/mol. The van der Waals surface area contributed by atoms with E-state index in [1.54, 1.807) is 49.8 Å². The lowest BCUT2D eigenvalue weighted by Gasteiger charge is -2.29. The van der Waals surface area contributed by atoms with Crippen molar-refractivity contribution >= 4 is 17.7 Å². The summed E-state index contributed by atoms with van der Waals surface area (Å²) in [6, 6.07) is 10.2. The number of aliphatic hydroxyl groups excluding tert-OH is 1. The largest absolute Gasteiger partial charge is 0.411 e. The number of nitrogens with zero attached hydrogens (tertiary/aromatic N) is 5. The second-order valence-corrected chi connectivity index (χ2v) is 9.96. The maximum Gasteiger partial charge on any atom is 0.411 e. The van der Waals surface area contributed by atoms with Crippen molar-refractivity contribution in [2.45, 2.75) is 37.7 Å². The number of benzene rings is 1. The van der Waals surface area contributed by atoms with Gasteiger partial charge in [0.2, 0.25) is 0 Å². The first kappa shape index (κ1) is 26.7. The molecule has 0 aliphatic heterocycles. The first-order valence-electron chi connectivity index (χ1n) is 12.5. The number of aromatic nitrogens is 3. The molecule has 2 aromatic heterocycles. The minimum Gasteiger partial charge on any atom is -0.370 e. The van der Waals surface area contributed by atoms with Crippen molar-refractivity contribution in [1.82, 2.24) is 19.4 Å². The molecule has 39 heavy (non-hydrogen) atoms. The van der Waals surface area contributed by atoms with Crippen LogP contribution in [0, 0.1) is 11.8 Å². The van der Waals surface area contributed by atoms with Gasteiger partial charge < -0.3 is 30.5 Å². The molecule has 4 unspecified atom stereocenters. The van der Waals surface area contributed by atoms with E-state index >= 15 is 0 Å². The summed E-state index contributed by atoms with van der Waals surface area (Å²) >= 11 is 0. The molecule has 3 aromatic rings. The zero-order chi connectivity index (χ0) is 27.7. The van der Waals surface area contributed by atoms with Crippen molar-refractivity contribution in [3.05, 3.63) is 78.6 Å². The summed E-state index contributed by atoms with van der Waals surface area (Å²) < 4.78 is 44.1. The third kappa shape index (κ3) is 6.23. The van der Waals surface area contributed by atoms with Crippen molar-refractivity contribution in [3.8, 4) is 5.69 Å². The van der Waals surface area contributed by atoms with Gasteiger partial charge in [-0.3, -0.25) is 4.98 Å². The molecule has 0 bridgehead atoms. The van der Waals surface area contributed by atoms with Crippen LogP contribution in [0.1, 0.15) is 42.4 Å². The molecule has 5 rings (SSSR count). The molecule has 12 heteroatoms. The standard InChI is InChI=1S/C27H30F3N7O2/c1-16(12-39-13-27(28,29)30)37(15-34-31)17(2)18-4-3-5-19(8-18)35-26(38)23-9-20(6-7-32-23)36-11-24(33-14-36)25-21-10-22(21)25/h3-9,11,14-16,21-22,25-26,35,38H,2,10,12-13,31H2,1H3/b34-15-. The van der Waals surface area contributed by atoms with Crippen molar-refractivity contribution in [2.75, 3.05) is 18.5 Å². The van der Waals surface area contributed by atoms with Gasteiger partial charge in [0.05, 0.1) is 30.4 Å². The fraction of sp³-hybridized carbons (Fsp3) is 0.370. The monoisotopic (exact) mass is 541 g/mol. The minimum atomic E-state index is -4.42. The van der Waals surface area contributed by atoms with Gasteiger partial charge in [-0.25, -0.2) is 4.98 Å². The van der Waals surface area contributed by atoms with Crippen LogP contribution in [0.15, 0.2) is 66.8 Å². The van der Waals surface area contributed by atoms with Gasteiger partial charge >= 0.3 is 6.18 Å². The number of rotatable bonds is 12. The van der Waals surface area contributed by atoms with Crippen molar-refractivity contribution in [1.29, 1.82) is 0 Å². The van der Waals surface area contributed by atoms with Gasteiger partial charge in [-0.1, -0.05) is 18.7 Å². The highest BCUT2D eigenvalue weighted by Gasteiger charge is 2.65. The molecule has 0 saturated heterocycles. The average molecular weight is 542 g/mol. The van der Waals surface area contributed by atoms with Gasteiger partial charge in [0.25, 0.3) is 0 Å². The number of hydrogen-bond acceptors (Lipinski definition) is 7. The van der Waals surface area contributed by atoms with Gasteiger partial charge in [0.15, 0.2) is 6.23 Å². The Morgan fingerprint density at radius 2 is 2.13 bits per heavy atom. The number of fused-ring (bicyclic) bond motifs is 1. The molecule has 2 aliphatic rings. The Bertz CT molecular complexity index is 1350. The van der Waals surface area contributed by atoms with Crippen molar-refractivity contribution < 1.29 is 23.0 Å². The van der Waals surface area contributed by atoms with Crippen LogP contribution in [0.5, 0.6) is 0 Å². The molecule has 4 atom stereocenters. The molecule has 2 heterocycles. The van der Waals surface area contributed by atoms with Crippen LogP contribution in [0.4, 0.5) is 18.9 Å². The number of pyridine rings is 1. The second kappa shape index (κ2) is 10.7. The number of ether oxygens (including phenoxy) is 1. The fourth-order valence-corrected chi connectivity index (χ4v) is 4.73. The molecule has 4 N–H and O–H groups in total. The van der Waals surface area contributed by atoms with Crippen LogP contribution in [0.2, 0.25) is 0 Å². The zero-order valence-electron chi connectivity index (χ0n) is 21.3. The average Bonchev–Trinajstić information content (AvgIpc) is 3.78. The molecule has 0 amide bonds. The molecule has 2 aliphatic carbocycles. The van der Waals surface area contributed by atoms with Gasteiger partial charge in [0.1, 0.15) is 12.9 Å². The maximum absolute atomic E-state index is 12.5. The molecule has 2 saturated carbocycles. The first-order chi connectivity index (χ1) is 18.6. The second-order valence-electron chi connectivity index (χ2n) is 9.96. The summed E-state index contributed by atoms with van der Waals surface area (Å²) in [6.07, 6.45) is 2.53. The topological polar surface area (TPSA) is 114 Å². The summed E-state index contributed by atoms with van der Waals surface area (Å²) in [5.41, 5.74) is 4.04. The fourth-order valence-electron chi connectivity index (χ4n) is 4.73. The number of aliphatic hydroxyl groups is 1. The molecule has 2 fully saturated rings. The van der Waals surface area contributed by atoms with Gasteiger partial charge in [0, 0.05) is 35.4 Å². The van der Waals surface area contributed by atoms with E-state index in [0.717, 1.165) is 23.2 Å². The number of alkyl halides is 3. The van der Waals surface area contributed by atoms with E-state index in [0.29, 0.717) is 28.6 Å². The van der Waals surface area contributed by atoms with E-state index in [1.807, 2.05) is 16.8 Å². The summed E-state index contributed by atoms with van der Waals surface area (Å²) in [6.45, 7) is 4.16. The van der Waals surface area contributed by atoms with E-state index in [1.165, 1.54) is 17.7 Å². The highest BCUT2D eigenvalue weighted by molar-refractivity contribution is 5.76. The Morgan fingerprint density at radius 1 is 1.33 bits per heavy atom. The van der Waals surface area contributed by atoms with Crippen LogP contribution in [-0.2, 0) is 4.74 Å². The predicted octanol–water partition coefficient (Wildman–Crippen LogP) is 4.25. The van der Waals surface area contributed by atoms with Crippen LogP contribution in [-0.4, -0.2) is 56.3 Å². The molecular formula is C27H30F3N7O2. The van der Waals surface area contributed by atoms with Crippen molar-refractivity contribution in [3.63, 3.8) is 0 Å². The van der Waals surface area contributed by atoms with Crippen LogP contribution in [0.3, 0.4) is 0 Å². The van der Waals surface area contributed by atoms with Crippen molar-refractivity contribution in [2.24, 2.45) is 22.8 Å². The van der Waals surface area contributed by atoms with E-state index in [9.17, 15) is 18.3 Å². The first-order valence-corrected chi connectivity index (χ1v) is 12.5. The Morgan fingerprint density at radius 3 is 2.82 bits per heavy atom. The van der Waals surface area contributed by atoms with E-state index in [-0.39, 0.29) is 6.61 Å². The molecule has 0 radical (unpaired) electrons. The number of nitrogens with one attached hydrogen (secondary N) is 1. The normalized spacial score (nSPS) is 21.3. The number of anilines is 1. The molecule has 9 nitrogen and oxygen atoms in total. The lowest BCUT2D eigenvalue weighted by molar-refractivity contribution is -0.175. The minimum absolute atomic E-state index is 0.219. The number of halogens is 3. The van der Waals surface area contributed by atoms with Crippen LogP contribution < -0.4 is 11.2 Å². The summed E-state index contributed by atoms with van der Waals surface area (Å²) in [7, 11) is 0. The predicted molar refractivity (Wildman–Crippen MR) is 141 cm³/mol. The van der Waals surface area contributed by atoms with Crippen LogP contribution >= 0.6 is 0 Å². The number of imidazole rings is 1. The summed E-state index contributed by atoms with van der Waals surface area (Å²) in [5, 5.41) is 17.4.